The van der Waals surface area contributed by atoms with Gasteiger partial charge in [-0.25, -0.2) is 0 Å². The van der Waals surface area contributed by atoms with E-state index in [1.807, 2.05) is 20.8 Å². The minimum Gasteiger partial charge on any atom is -0.481 e. The summed E-state index contributed by atoms with van der Waals surface area (Å²) in [5.74, 6) is -2.13. The van der Waals surface area contributed by atoms with Crippen LogP contribution in [-0.4, -0.2) is 69.0 Å². The van der Waals surface area contributed by atoms with Crippen LogP contribution in [-0.2, 0) is 23.9 Å². The molecule has 2 amide bonds. The van der Waals surface area contributed by atoms with Gasteiger partial charge in [-0.2, -0.15) is 0 Å². The Morgan fingerprint density at radius 1 is 0.902 bits per heavy atom. The Morgan fingerprint density at radius 2 is 1.59 bits per heavy atom. The van der Waals surface area contributed by atoms with E-state index in [9.17, 15) is 34.2 Å². The molecule has 1 aromatic rings. The number of aliphatic hydroxyl groups is 1. The average Bonchev–Trinajstić information content (AvgIpc) is 3.70. The number of aromatic nitrogens is 1. The van der Waals surface area contributed by atoms with Gasteiger partial charge in [0.2, 0.25) is 5.91 Å². The molecule has 0 aliphatic heterocycles. The zero-order valence-electron chi connectivity index (χ0n) is 38.5. The molecule has 11 nitrogen and oxygen atoms in total. The third-order valence-electron chi connectivity index (χ3n) is 19.8. The van der Waals surface area contributed by atoms with Crippen LogP contribution in [0.2, 0.25) is 0 Å². The van der Waals surface area contributed by atoms with E-state index >= 15 is 0 Å². The number of carbonyl (C=O) groups is 5. The Morgan fingerprint density at radius 3 is 2.21 bits per heavy atom. The van der Waals surface area contributed by atoms with Gasteiger partial charge >= 0.3 is 11.9 Å². The van der Waals surface area contributed by atoms with Crippen LogP contribution in [0.15, 0.2) is 29.5 Å². The van der Waals surface area contributed by atoms with Gasteiger partial charge in [0.1, 0.15) is 11.6 Å². The smallest absolute Gasteiger partial charge is 0.309 e. The highest BCUT2D eigenvalue weighted by Gasteiger charge is 2.82. The van der Waals surface area contributed by atoms with Crippen molar-refractivity contribution in [3.8, 4) is 0 Å². The molecule has 12 atom stereocenters. The highest BCUT2D eigenvalue weighted by Crippen LogP contribution is 2.87. The lowest BCUT2D eigenvalue weighted by atomic mass is 9.33. The largest absolute Gasteiger partial charge is 0.481 e. The highest BCUT2D eigenvalue weighted by atomic mass is 16.5. The number of carboxylic acid groups (broad SMARTS) is 1. The summed E-state index contributed by atoms with van der Waals surface area (Å²) in [4.78, 5) is 70.6. The second-order valence-electron chi connectivity index (χ2n) is 23.3. The number of Topliss-reactive ketones (excluding diaryl/α,β-unsaturated/α-hetero) is 1. The first kappa shape index (κ1) is 44.0. The first-order valence-corrected chi connectivity index (χ1v) is 23.2. The zero-order valence-corrected chi connectivity index (χ0v) is 38.5. The van der Waals surface area contributed by atoms with E-state index in [0.29, 0.717) is 24.3 Å². The van der Waals surface area contributed by atoms with Gasteiger partial charge in [-0.15, -0.1) is 0 Å². The molecule has 1 heterocycles. The van der Waals surface area contributed by atoms with Gasteiger partial charge < -0.3 is 25.6 Å². The molecule has 1 aromatic heterocycles. The lowest BCUT2D eigenvalue weighted by Gasteiger charge is -2.71. The van der Waals surface area contributed by atoms with E-state index in [1.54, 1.807) is 26.0 Å². The fraction of sp³-hybridized carbons (Fsp3) is 0.760. The van der Waals surface area contributed by atoms with Crippen LogP contribution in [0.1, 0.15) is 156 Å². The number of allylic oxidation sites excluding steroid dienone is 1. The van der Waals surface area contributed by atoms with E-state index in [1.165, 1.54) is 6.20 Å². The normalized spacial score (nSPS) is 41.2. The fourth-order valence-corrected chi connectivity index (χ4v) is 15.7. The van der Waals surface area contributed by atoms with Gasteiger partial charge in [0, 0.05) is 35.7 Å². The molecule has 7 aliphatic carbocycles. The number of hydrogen-bond donors (Lipinski definition) is 4. The summed E-state index contributed by atoms with van der Waals surface area (Å²) < 4.78 is 6.45. The SMILES string of the molecule is Cc1ccc(C(=O)NC(C)(C)C(=O)NC[C@H](O)[C@@]23CC[C@]4(C)C(CC[C@@H]5[C@@]6(C)CC[C@H](OC(=O)[C@H]7C[C@@H](C(=O)O)C7(C)C)[C@@]7(C)C[C@]76CC[C@]54C)C2=C(C(C)C)C(=O)C3)cn1. The molecular formula is C50H71N3O8. The van der Waals surface area contributed by atoms with Gasteiger partial charge in [0.15, 0.2) is 5.78 Å². The molecule has 7 aliphatic rings. The first-order valence-electron chi connectivity index (χ1n) is 23.2. The van der Waals surface area contributed by atoms with Crippen molar-refractivity contribution in [1.29, 1.82) is 0 Å². The van der Waals surface area contributed by atoms with Crippen molar-refractivity contribution in [1.82, 2.24) is 15.6 Å². The van der Waals surface area contributed by atoms with Crippen molar-refractivity contribution in [3.05, 3.63) is 40.7 Å². The molecule has 4 N–H and O–H groups in total. The summed E-state index contributed by atoms with van der Waals surface area (Å²) in [5, 5.41) is 27.8. The van der Waals surface area contributed by atoms with Crippen LogP contribution < -0.4 is 10.6 Å². The minimum absolute atomic E-state index is 0.00211. The Kier molecular flexibility index (Phi) is 10.1. The Hall–Kier alpha value is -3.60. The first-order chi connectivity index (χ1) is 28.3. The van der Waals surface area contributed by atoms with Crippen molar-refractivity contribution < 1.29 is 38.9 Å². The molecule has 1 unspecified atom stereocenters. The number of aliphatic carboxylic acids is 1. The van der Waals surface area contributed by atoms with Gasteiger partial charge in [0.05, 0.1) is 23.5 Å². The predicted molar refractivity (Wildman–Crippen MR) is 230 cm³/mol. The van der Waals surface area contributed by atoms with Crippen LogP contribution in [0.25, 0.3) is 0 Å². The van der Waals surface area contributed by atoms with Crippen molar-refractivity contribution in [3.63, 3.8) is 0 Å². The summed E-state index contributed by atoms with van der Waals surface area (Å²) in [6, 6.07) is 3.42. The van der Waals surface area contributed by atoms with Crippen molar-refractivity contribution >= 4 is 29.5 Å². The summed E-state index contributed by atoms with van der Waals surface area (Å²) in [5.41, 5.74) is 0.358. The molecule has 0 bridgehead atoms. The van der Waals surface area contributed by atoms with E-state index in [-0.39, 0.29) is 69.7 Å². The number of carbonyl (C=O) groups excluding carboxylic acids is 4. The van der Waals surface area contributed by atoms with Crippen LogP contribution in [0.4, 0.5) is 0 Å². The molecule has 1 spiro atoms. The number of ether oxygens (including phenoxy) is 1. The summed E-state index contributed by atoms with van der Waals surface area (Å²) in [6.07, 6.45) is 9.35. The summed E-state index contributed by atoms with van der Waals surface area (Å²) in [6.45, 7) is 22.9. The number of aryl methyl sites for hydroxylation is 1. The number of fused-ring (bicyclic) bond motifs is 6. The second-order valence-corrected chi connectivity index (χ2v) is 23.3. The molecular weight excluding hydrogens is 771 g/mol. The molecule has 0 radical (unpaired) electrons. The number of amides is 2. The van der Waals surface area contributed by atoms with Crippen molar-refractivity contribution in [2.24, 2.45) is 67.5 Å². The number of carboxylic acids is 1. The number of ketones is 1. The predicted octanol–water partition coefficient (Wildman–Crippen LogP) is 7.77. The van der Waals surface area contributed by atoms with E-state index < -0.39 is 52.1 Å². The fourth-order valence-electron chi connectivity index (χ4n) is 15.7. The van der Waals surface area contributed by atoms with E-state index in [4.69, 9.17) is 4.74 Å². The van der Waals surface area contributed by atoms with Crippen LogP contribution in [0, 0.1) is 74.4 Å². The van der Waals surface area contributed by atoms with E-state index in [2.05, 4.69) is 57.2 Å². The van der Waals surface area contributed by atoms with Crippen molar-refractivity contribution in [2.75, 3.05) is 6.54 Å². The molecule has 6 fully saturated rings. The maximum Gasteiger partial charge on any atom is 0.309 e. The lowest BCUT2D eigenvalue weighted by molar-refractivity contribution is -0.223. The third-order valence-corrected chi connectivity index (χ3v) is 19.8. The maximum absolute atomic E-state index is 14.2. The lowest BCUT2D eigenvalue weighted by Crippen LogP contribution is -2.65. The molecule has 0 aromatic carbocycles. The number of nitrogens with zero attached hydrogens (tertiary/aromatic N) is 1. The van der Waals surface area contributed by atoms with Gasteiger partial charge in [0.25, 0.3) is 5.91 Å². The second kappa shape index (κ2) is 13.9. The number of nitrogens with one attached hydrogen (secondary N) is 2. The van der Waals surface area contributed by atoms with Crippen LogP contribution in [0.5, 0.6) is 0 Å². The molecule has 8 rings (SSSR count). The number of hydrogen-bond acceptors (Lipinski definition) is 8. The number of esters is 1. The average molecular weight is 842 g/mol. The molecule has 334 valence electrons. The monoisotopic (exact) mass is 842 g/mol. The Balaban J connectivity index is 1.01. The topological polar surface area (TPSA) is 172 Å². The Labute approximate surface area is 362 Å². The van der Waals surface area contributed by atoms with Gasteiger partial charge in [-0.3, -0.25) is 29.0 Å². The molecule has 61 heavy (non-hydrogen) atoms. The number of rotatable bonds is 10. The van der Waals surface area contributed by atoms with Gasteiger partial charge in [-0.05, 0) is 148 Å². The van der Waals surface area contributed by atoms with E-state index in [0.717, 1.165) is 68.2 Å². The number of aliphatic hydroxyl groups excluding tert-OH is 1. The van der Waals surface area contributed by atoms with Gasteiger partial charge in [-0.1, -0.05) is 61.0 Å². The molecule has 11 heteroatoms. The Bertz CT molecular complexity index is 2090. The van der Waals surface area contributed by atoms with Crippen molar-refractivity contribution in [2.45, 2.75) is 165 Å². The zero-order chi connectivity index (χ0) is 44.7. The quantitative estimate of drug-likeness (QED) is 0.172. The molecule has 6 saturated carbocycles. The van der Waals surface area contributed by atoms with Crippen LogP contribution in [0.3, 0.4) is 0 Å². The number of pyridine rings is 1. The summed E-state index contributed by atoms with van der Waals surface area (Å²) >= 11 is 0. The standard InChI is InChI=1S/C50H71N3O8/c1-27(2)37-33(54)23-49(35(55)25-52-42(60)44(6,7)53-39(56)29-13-12-28(3)51-24-29)20-18-45(8)30(38(37)49)14-15-34-46(45,9)19-21-50-26-48(50,11)36(16-17-47(34,50)10)61-41(59)32-22-31(40(57)58)43(32,4)5/h12-13,24,27,30-32,34-36,55H,14-23,25-26H2,1-11H3,(H,52,60)(H,53,56)(H,57,58)/t30?,31-,32+,34-,35-,36-,45+,46+,47+,48+,49-,50-/m0/s1. The van der Waals surface area contributed by atoms with Crippen LogP contribution >= 0.6 is 0 Å². The third kappa shape index (κ3) is 5.96. The maximum atomic E-state index is 14.2. The summed E-state index contributed by atoms with van der Waals surface area (Å²) in [7, 11) is 0. The molecule has 0 saturated heterocycles. The highest BCUT2D eigenvalue weighted by molar-refractivity contribution is 6.01. The minimum atomic E-state index is -1.27.